The molecule has 8 heteroatoms. The monoisotopic (exact) mass is 320 g/mol. The van der Waals surface area contributed by atoms with Crippen LogP contribution in [-0.2, 0) is 6.54 Å². The number of nitro groups is 1. The topological polar surface area (TPSA) is 103 Å². The van der Waals surface area contributed by atoms with Gasteiger partial charge in [0.2, 0.25) is 0 Å². The Morgan fingerprint density at radius 2 is 2.08 bits per heavy atom. The Labute approximate surface area is 135 Å². The lowest BCUT2D eigenvalue weighted by Crippen LogP contribution is -2.03. The lowest BCUT2D eigenvalue weighted by molar-refractivity contribution is -0.385. The van der Waals surface area contributed by atoms with Crippen LogP contribution in [0.4, 0.5) is 5.69 Å². The van der Waals surface area contributed by atoms with Gasteiger partial charge in [-0.25, -0.2) is 4.68 Å². The molecule has 0 radical (unpaired) electrons. The minimum atomic E-state index is -0.389. The molecule has 0 fully saturated rings. The summed E-state index contributed by atoms with van der Waals surface area (Å²) in [6.45, 7) is 0.290. The second kappa shape index (κ2) is 5.58. The molecule has 0 aliphatic rings. The molecule has 0 bridgehead atoms. The number of fused-ring (bicyclic) bond motifs is 1. The first-order valence-corrected chi connectivity index (χ1v) is 7.26. The molecule has 0 saturated heterocycles. The Morgan fingerprint density at radius 1 is 1.21 bits per heavy atom. The minimum absolute atomic E-state index is 0.0781. The second-order valence-corrected chi connectivity index (χ2v) is 5.36. The Balaban J connectivity index is 1.64. The van der Waals surface area contributed by atoms with Crippen molar-refractivity contribution in [2.75, 3.05) is 0 Å². The number of benzene rings is 2. The molecule has 0 aliphatic heterocycles. The normalized spacial score (nSPS) is 11.0. The average molecular weight is 320 g/mol. The number of rotatable bonds is 4. The molecular formula is C16H12N6O2. The number of aromatic amines is 1. The fraction of sp³-hybridized carbons (Fsp3) is 0.0625. The van der Waals surface area contributed by atoms with Crippen molar-refractivity contribution in [3.8, 4) is 11.3 Å². The van der Waals surface area contributed by atoms with Gasteiger partial charge in [0.05, 0.1) is 34.9 Å². The molecular weight excluding hydrogens is 308 g/mol. The van der Waals surface area contributed by atoms with Gasteiger partial charge in [0.1, 0.15) is 5.69 Å². The van der Waals surface area contributed by atoms with E-state index in [0.29, 0.717) is 11.3 Å². The zero-order valence-corrected chi connectivity index (χ0v) is 12.5. The van der Waals surface area contributed by atoms with Crippen LogP contribution in [0, 0.1) is 10.1 Å². The van der Waals surface area contributed by atoms with Crippen molar-refractivity contribution in [1.82, 2.24) is 25.2 Å². The fourth-order valence-electron chi connectivity index (χ4n) is 2.61. The van der Waals surface area contributed by atoms with E-state index in [1.807, 2.05) is 18.2 Å². The van der Waals surface area contributed by atoms with Crippen LogP contribution >= 0.6 is 0 Å². The number of hydrogen-bond donors (Lipinski definition) is 1. The third-order valence-corrected chi connectivity index (χ3v) is 3.80. The van der Waals surface area contributed by atoms with Crippen molar-refractivity contribution in [3.63, 3.8) is 0 Å². The maximum atomic E-state index is 11.1. The molecule has 4 rings (SSSR count). The molecule has 0 amide bonds. The van der Waals surface area contributed by atoms with Gasteiger partial charge < -0.3 is 0 Å². The van der Waals surface area contributed by atoms with E-state index in [-0.39, 0.29) is 17.2 Å². The Hall–Kier alpha value is -3.55. The van der Waals surface area contributed by atoms with E-state index in [1.54, 1.807) is 35.3 Å². The van der Waals surface area contributed by atoms with E-state index in [9.17, 15) is 10.1 Å². The quantitative estimate of drug-likeness (QED) is 0.460. The molecule has 0 aliphatic carbocycles. The summed E-state index contributed by atoms with van der Waals surface area (Å²) in [5.74, 6) is 0. The van der Waals surface area contributed by atoms with Crippen LogP contribution < -0.4 is 0 Å². The number of aromatic nitrogens is 5. The molecule has 118 valence electrons. The second-order valence-electron chi connectivity index (χ2n) is 5.36. The van der Waals surface area contributed by atoms with Gasteiger partial charge in [-0.2, -0.15) is 5.10 Å². The van der Waals surface area contributed by atoms with Crippen LogP contribution in [0.5, 0.6) is 0 Å². The molecule has 24 heavy (non-hydrogen) atoms. The molecule has 0 atom stereocenters. The Kier molecular flexibility index (Phi) is 3.27. The van der Waals surface area contributed by atoms with Gasteiger partial charge >= 0.3 is 0 Å². The van der Waals surface area contributed by atoms with Crippen molar-refractivity contribution in [2.45, 2.75) is 6.54 Å². The summed E-state index contributed by atoms with van der Waals surface area (Å²) in [7, 11) is 0. The molecule has 2 aromatic heterocycles. The van der Waals surface area contributed by atoms with E-state index in [2.05, 4.69) is 20.5 Å². The SMILES string of the molecule is O=[N+]([O-])c1ccccc1Cn1cc(-c2ccc3[nH]ncc3c2)nn1. The smallest absolute Gasteiger partial charge is 0.274 e. The van der Waals surface area contributed by atoms with Crippen LogP contribution in [0.25, 0.3) is 22.2 Å². The van der Waals surface area contributed by atoms with Gasteiger partial charge in [-0.3, -0.25) is 15.2 Å². The molecule has 0 spiro atoms. The molecule has 4 aromatic rings. The number of H-pyrrole nitrogens is 1. The molecule has 1 N–H and O–H groups in total. The van der Waals surface area contributed by atoms with Gasteiger partial charge in [0.15, 0.2) is 0 Å². The van der Waals surface area contributed by atoms with Crippen molar-refractivity contribution >= 4 is 16.6 Å². The van der Waals surface area contributed by atoms with E-state index < -0.39 is 0 Å². The fourth-order valence-corrected chi connectivity index (χ4v) is 2.61. The largest absolute Gasteiger partial charge is 0.278 e. The van der Waals surface area contributed by atoms with Gasteiger partial charge in [-0.05, 0) is 12.1 Å². The van der Waals surface area contributed by atoms with E-state index >= 15 is 0 Å². The first kappa shape index (κ1) is 14.1. The van der Waals surface area contributed by atoms with Crippen LogP contribution in [0.1, 0.15) is 5.56 Å². The van der Waals surface area contributed by atoms with Crippen LogP contribution in [0.15, 0.2) is 54.9 Å². The zero-order valence-electron chi connectivity index (χ0n) is 12.5. The standard InChI is InChI=1S/C16H12N6O2/c23-22(24)16-4-2-1-3-12(16)9-21-10-15(19-20-21)11-5-6-14-13(7-11)8-17-18-14/h1-8,10H,9H2,(H,17,18). The molecule has 2 aromatic carbocycles. The summed E-state index contributed by atoms with van der Waals surface area (Å²) in [4.78, 5) is 10.7. The number of para-hydroxylation sites is 1. The third-order valence-electron chi connectivity index (χ3n) is 3.80. The summed E-state index contributed by atoms with van der Waals surface area (Å²) >= 11 is 0. The maximum Gasteiger partial charge on any atom is 0.274 e. The summed E-state index contributed by atoms with van der Waals surface area (Å²) in [6, 6.07) is 12.5. The first-order chi connectivity index (χ1) is 11.7. The van der Waals surface area contributed by atoms with Crippen LogP contribution in [0.2, 0.25) is 0 Å². The predicted octanol–water partition coefficient (Wildman–Crippen LogP) is 2.78. The number of nitrogens with zero attached hydrogens (tertiary/aromatic N) is 5. The average Bonchev–Trinajstić information content (AvgIpc) is 3.23. The van der Waals surface area contributed by atoms with Crippen molar-refractivity contribution in [3.05, 3.63) is 70.5 Å². The van der Waals surface area contributed by atoms with Crippen molar-refractivity contribution < 1.29 is 4.92 Å². The number of hydrogen-bond acceptors (Lipinski definition) is 5. The highest BCUT2D eigenvalue weighted by molar-refractivity contribution is 5.83. The lowest BCUT2D eigenvalue weighted by atomic mass is 10.1. The van der Waals surface area contributed by atoms with Gasteiger partial charge in [0, 0.05) is 17.0 Å². The highest BCUT2D eigenvalue weighted by atomic mass is 16.6. The summed E-state index contributed by atoms with van der Waals surface area (Å²) in [6.07, 6.45) is 3.52. The van der Waals surface area contributed by atoms with Crippen molar-refractivity contribution in [1.29, 1.82) is 0 Å². The molecule has 0 saturated carbocycles. The van der Waals surface area contributed by atoms with Gasteiger partial charge in [-0.15, -0.1) is 5.10 Å². The highest BCUT2D eigenvalue weighted by Gasteiger charge is 2.14. The third kappa shape index (κ3) is 2.50. The lowest BCUT2D eigenvalue weighted by Gasteiger charge is -2.02. The number of nitrogens with one attached hydrogen (secondary N) is 1. The summed E-state index contributed by atoms with van der Waals surface area (Å²) in [5, 5.41) is 27.2. The Morgan fingerprint density at radius 3 is 2.96 bits per heavy atom. The van der Waals surface area contributed by atoms with Crippen molar-refractivity contribution in [2.24, 2.45) is 0 Å². The minimum Gasteiger partial charge on any atom is -0.278 e. The Bertz CT molecular complexity index is 1040. The number of nitro benzene ring substituents is 1. The van der Waals surface area contributed by atoms with E-state index in [0.717, 1.165) is 16.5 Å². The predicted molar refractivity (Wildman–Crippen MR) is 87.3 cm³/mol. The van der Waals surface area contributed by atoms with Crippen LogP contribution in [-0.4, -0.2) is 30.1 Å². The van der Waals surface area contributed by atoms with Gasteiger partial charge in [0.25, 0.3) is 5.69 Å². The highest BCUT2D eigenvalue weighted by Crippen LogP contribution is 2.22. The van der Waals surface area contributed by atoms with E-state index in [1.165, 1.54) is 6.07 Å². The summed E-state index contributed by atoms with van der Waals surface area (Å²) in [5.41, 5.74) is 3.24. The zero-order chi connectivity index (χ0) is 16.5. The maximum absolute atomic E-state index is 11.1. The molecule has 2 heterocycles. The van der Waals surface area contributed by atoms with E-state index in [4.69, 9.17) is 0 Å². The molecule has 0 unspecified atom stereocenters. The van der Waals surface area contributed by atoms with Crippen LogP contribution in [0.3, 0.4) is 0 Å². The summed E-state index contributed by atoms with van der Waals surface area (Å²) < 4.78 is 1.59. The van der Waals surface area contributed by atoms with Gasteiger partial charge in [-0.1, -0.05) is 29.5 Å². The molecule has 8 nitrogen and oxygen atoms in total. The first-order valence-electron chi connectivity index (χ1n) is 7.26.